The molecule has 0 bridgehead atoms. The summed E-state index contributed by atoms with van der Waals surface area (Å²) in [4.78, 5) is 8.92. The Morgan fingerprint density at radius 3 is 0.716 bits per heavy atom. The van der Waals surface area contributed by atoms with Crippen LogP contribution in [-0.2, 0) is 49.4 Å². The van der Waals surface area contributed by atoms with Crippen LogP contribution < -0.4 is 31.4 Å². The van der Waals surface area contributed by atoms with E-state index in [0.29, 0.717) is 12.5 Å². The smallest absolute Gasteiger partial charge is 0.270 e. The molecular weight excluding hydrogens is 1000 g/mol. The Bertz CT molecular complexity index is 2080. The van der Waals surface area contributed by atoms with Gasteiger partial charge in [-0.3, -0.25) is 9.82 Å². The van der Waals surface area contributed by atoms with Crippen LogP contribution >= 0.6 is 11.6 Å². The highest BCUT2D eigenvalue weighted by molar-refractivity contribution is 7.20. The van der Waals surface area contributed by atoms with E-state index in [1.54, 1.807) is 29.5 Å². The fraction of sp³-hybridized carbons (Fsp3) is 0.263. The molecule has 4 aromatic carbocycles. The molecule has 1 heterocycles. The predicted octanol–water partition coefficient (Wildman–Crippen LogP) is 11.3. The van der Waals surface area contributed by atoms with Crippen molar-refractivity contribution in [1.82, 2.24) is 4.98 Å². The molecule has 0 atom stereocenters. The van der Waals surface area contributed by atoms with Crippen LogP contribution in [0.2, 0.25) is 0 Å². The molecule has 0 spiro atoms. The highest BCUT2D eigenvalue weighted by Crippen LogP contribution is 2.41. The molecule has 5 aromatic rings. The van der Waals surface area contributed by atoms with E-state index in [-0.39, 0.29) is 0 Å². The number of aromatic nitrogens is 2. The van der Waals surface area contributed by atoms with Crippen LogP contribution in [0.5, 0.6) is 0 Å². The summed E-state index contributed by atoms with van der Waals surface area (Å²) < 4.78 is 342. The van der Waals surface area contributed by atoms with Gasteiger partial charge in [-0.05, 0) is 24.3 Å². The van der Waals surface area contributed by atoms with Crippen molar-refractivity contribution in [2.24, 2.45) is 0 Å². The summed E-state index contributed by atoms with van der Waals surface area (Å²) in [5.74, 6) is 0.495. The van der Waals surface area contributed by atoms with E-state index < -0.39 is 195 Å². The quantitative estimate of drug-likeness (QED) is 0.0703. The van der Waals surface area contributed by atoms with Gasteiger partial charge in [-0.25, -0.2) is 0 Å². The van der Waals surface area contributed by atoms with E-state index in [1.807, 2.05) is 0 Å². The third kappa shape index (κ3) is 12.9. The van der Waals surface area contributed by atoms with Gasteiger partial charge in [0.05, 0.1) is 62.8 Å². The van der Waals surface area contributed by atoms with E-state index in [2.05, 4.69) is 4.98 Å². The fourth-order valence-electron chi connectivity index (χ4n) is 6.60. The standard InChI is InChI=1S/C32H12BF24.C6H8ClN2O/c34-25(35,36)13-1-14(26(37,38)39)6-21(5-13)33(22-7-15(27(40,41)42)2-16(8-22)28(43,44)45,23-9-17(29(46,47)48)3-18(10-23)30(49,50)51)24-11-19(31(52,53)54)4-20(12-24)32(55,56)57;7-1-6-10-9-4-2-8-3-5-9/h1-12H;2-5H,1,6H2/q-1;+1. The van der Waals surface area contributed by atoms with Crippen molar-refractivity contribution < 1.29 is 115 Å². The third-order valence-electron chi connectivity index (χ3n) is 9.36. The van der Waals surface area contributed by atoms with Crippen LogP contribution in [0.3, 0.4) is 0 Å². The zero-order chi connectivity index (χ0) is 51.1. The van der Waals surface area contributed by atoms with Crippen LogP contribution in [0.15, 0.2) is 97.6 Å². The van der Waals surface area contributed by atoms with Gasteiger partial charge in [0.2, 0.25) is 12.4 Å². The van der Waals surface area contributed by atoms with Crippen LogP contribution in [0, 0.1) is 0 Å². The van der Waals surface area contributed by atoms with Gasteiger partial charge in [0, 0.05) is 4.73 Å². The molecule has 366 valence electrons. The van der Waals surface area contributed by atoms with Crippen molar-refractivity contribution in [3.8, 4) is 0 Å². The SMILES string of the molecule is ClCCO[n+]1ccncc1.FC(F)(F)c1cc([B-](c2cc(C(F)(F)F)cc(C(F)(F)F)c2)(c2cc(C(F)(F)F)cc(C(F)(F)F)c2)c2cc(C(F)(F)F)cc(C(F)(F)F)c2)cc(C(F)(F)F)c1. The summed E-state index contributed by atoms with van der Waals surface area (Å²) in [6.45, 7) is 0.510. The van der Waals surface area contributed by atoms with Gasteiger partial charge in [-0.1, -0.05) is 48.5 Å². The Morgan fingerprint density at radius 2 is 0.552 bits per heavy atom. The summed E-state index contributed by atoms with van der Waals surface area (Å²) in [5.41, 5.74) is -30.2. The maximum atomic E-state index is 14.2. The molecule has 29 heteroatoms. The van der Waals surface area contributed by atoms with Crippen LogP contribution in [0.4, 0.5) is 105 Å². The molecule has 0 radical (unpaired) electrons. The average Bonchev–Trinajstić information content (AvgIpc) is 3.18. The Balaban J connectivity index is 0.000000865. The first-order chi connectivity index (χ1) is 30.2. The highest BCUT2D eigenvalue weighted by atomic mass is 35.5. The predicted molar refractivity (Wildman–Crippen MR) is 187 cm³/mol. The lowest BCUT2D eigenvalue weighted by Crippen LogP contribution is -2.75. The topological polar surface area (TPSA) is 26.0 Å². The number of benzene rings is 4. The normalized spacial score (nSPS) is 13.6. The number of hydrogen-bond donors (Lipinski definition) is 0. The molecule has 67 heavy (non-hydrogen) atoms. The van der Waals surface area contributed by atoms with Gasteiger partial charge >= 0.3 is 49.4 Å². The first-order valence-corrected chi connectivity index (χ1v) is 18.1. The number of hydrogen-bond acceptors (Lipinski definition) is 2. The lowest BCUT2D eigenvalue weighted by atomic mass is 9.12. The van der Waals surface area contributed by atoms with E-state index in [9.17, 15) is 105 Å². The van der Waals surface area contributed by atoms with Gasteiger partial charge < -0.3 is 0 Å². The van der Waals surface area contributed by atoms with E-state index in [1.165, 1.54) is 0 Å². The largest absolute Gasteiger partial charge is 0.416 e. The Hall–Kier alpha value is -5.57. The number of nitrogens with zero attached hydrogens (tertiary/aromatic N) is 2. The summed E-state index contributed by atoms with van der Waals surface area (Å²) >= 11 is 5.40. The van der Waals surface area contributed by atoms with Gasteiger partial charge in [0.1, 0.15) is 6.15 Å². The minimum Gasteiger partial charge on any atom is -0.270 e. The number of alkyl halides is 25. The average molecular weight is 1020 g/mol. The maximum absolute atomic E-state index is 14.2. The minimum atomic E-state index is -6.13. The van der Waals surface area contributed by atoms with Crippen molar-refractivity contribution in [3.05, 3.63) is 142 Å². The van der Waals surface area contributed by atoms with Crippen LogP contribution in [-0.4, -0.2) is 23.6 Å². The van der Waals surface area contributed by atoms with Gasteiger partial charge in [-0.2, -0.15) is 127 Å². The second-order valence-corrected chi connectivity index (χ2v) is 14.2. The zero-order valence-electron chi connectivity index (χ0n) is 32.0. The lowest BCUT2D eigenvalue weighted by molar-refractivity contribution is -0.891. The summed E-state index contributed by atoms with van der Waals surface area (Å²) in [6.07, 6.45) is -48.1. The molecular formula is C38H20BClF24N2O. The van der Waals surface area contributed by atoms with Crippen molar-refractivity contribution in [1.29, 1.82) is 0 Å². The highest BCUT2D eigenvalue weighted by Gasteiger charge is 2.47. The van der Waals surface area contributed by atoms with Crippen LogP contribution in [0.1, 0.15) is 44.5 Å². The molecule has 0 saturated heterocycles. The minimum absolute atomic E-state index is 0.495. The monoisotopic (exact) mass is 1020 g/mol. The molecule has 0 saturated carbocycles. The first-order valence-electron chi connectivity index (χ1n) is 17.6. The Kier molecular flexibility index (Phi) is 14.9. The van der Waals surface area contributed by atoms with E-state index in [0.717, 1.165) is 0 Å². The summed E-state index contributed by atoms with van der Waals surface area (Å²) in [5, 5.41) is 0. The van der Waals surface area contributed by atoms with Gasteiger partial charge in [-0.15, -0.1) is 11.6 Å². The Morgan fingerprint density at radius 1 is 0.358 bits per heavy atom. The molecule has 0 amide bonds. The van der Waals surface area contributed by atoms with Crippen LogP contribution in [0.25, 0.3) is 0 Å². The lowest BCUT2D eigenvalue weighted by Gasteiger charge is -2.46. The maximum Gasteiger partial charge on any atom is 0.416 e. The third-order valence-corrected chi connectivity index (χ3v) is 9.51. The fourth-order valence-corrected chi connectivity index (χ4v) is 6.67. The molecule has 3 nitrogen and oxygen atoms in total. The van der Waals surface area contributed by atoms with Crippen molar-refractivity contribution in [2.45, 2.75) is 49.4 Å². The number of rotatable bonds is 7. The van der Waals surface area contributed by atoms with E-state index in [4.69, 9.17) is 16.4 Å². The molecule has 0 aliphatic heterocycles. The van der Waals surface area contributed by atoms with E-state index >= 15 is 0 Å². The van der Waals surface area contributed by atoms with Gasteiger partial charge in [0.15, 0.2) is 6.61 Å². The molecule has 0 aliphatic rings. The molecule has 0 fully saturated rings. The summed E-state index contributed by atoms with van der Waals surface area (Å²) in [6, 6.07) is -8.81. The van der Waals surface area contributed by atoms with Crippen molar-refractivity contribution >= 4 is 39.6 Å². The number of halogens is 25. The molecule has 0 N–H and O–H groups in total. The van der Waals surface area contributed by atoms with Crippen molar-refractivity contribution in [2.75, 3.05) is 12.5 Å². The van der Waals surface area contributed by atoms with Crippen molar-refractivity contribution in [3.63, 3.8) is 0 Å². The Labute approximate surface area is 363 Å². The second kappa shape index (κ2) is 18.5. The summed E-state index contributed by atoms with van der Waals surface area (Å²) in [7, 11) is 0. The molecule has 0 aliphatic carbocycles. The first kappa shape index (κ1) is 54.0. The zero-order valence-corrected chi connectivity index (χ0v) is 32.7. The molecule has 5 rings (SSSR count). The molecule has 0 unspecified atom stereocenters. The second-order valence-electron chi connectivity index (χ2n) is 13.9. The van der Waals surface area contributed by atoms with Gasteiger partial charge in [0.25, 0.3) is 0 Å². The molecule has 1 aromatic heterocycles.